The zero-order valence-electron chi connectivity index (χ0n) is 14.5. The van der Waals surface area contributed by atoms with Crippen molar-refractivity contribution in [2.24, 2.45) is 0 Å². The van der Waals surface area contributed by atoms with Crippen LogP contribution in [0.25, 0.3) is 0 Å². The first-order chi connectivity index (χ1) is 11.5. The van der Waals surface area contributed by atoms with E-state index in [2.05, 4.69) is 5.32 Å². The Morgan fingerprint density at radius 2 is 1.88 bits per heavy atom. The minimum atomic E-state index is -0.498. The molecule has 1 aliphatic rings. The standard InChI is InChI=1S/C18H26N2O3S/c1-13-11-20(12-14(2)23-13)18(22)16(9-10-24-3)19-17(21)15-7-5-4-6-8-15/h4-8,13-14,16H,9-12H2,1-3H3,(H,19,21)/t13-,14-,16-/m1/s1. The summed E-state index contributed by atoms with van der Waals surface area (Å²) in [4.78, 5) is 27.1. The minimum Gasteiger partial charge on any atom is -0.372 e. The molecule has 1 aromatic carbocycles. The van der Waals surface area contributed by atoms with Gasteiger partial charge in [0.05, 0.1) is 12.2 Å². The molecule has 5 nitrogen and oxygen atoms in total. The first-order valence-electron chi connectivity index (χ1n) is 8.30. The molecule has 0 saturated carbocycles. The van der Waals surface area contributed by atoms with Gasteiger partial charge >= 0.3 is 0 Å². The summed E-state index contributed by atoms with van der Waals surface area (Å²) in [5.41, 5.74) is 0.572. The smallest absolute Gasteiger partial charge is 0.251 e. The van der Waals surface area contributed by atoms with Crippen molar-refractivity contribution in [2.45, 2.75) is 38.5 Å². The first kappa shape index (κ1) is 18.8. The lowest BCUT2D eigenvalue weighted by atomic mass is 10.1. The van der Waals surface area contributed by atoms with Crippen LogP contribution >= 0.6 is 11.8 Å². The van der Waals surface area contributed by atoms with Crippen LogP contribution in [-0.2, 0) is 9.53 Å². The fourth-order valence-electron chi connectivity index (χ4n) is 2.90. The molecule has 0 bridgehead atoms. The molecule has 2 amide bonds. The van der Waals surface area contributed by atoms with Crippen molar-refractivity contribution in [2.75, 3.05) is 25.1 Å². The van der Waals surface area contributed by atoms with E-state index >= 15 is 0 Å². The number of amides is 2. The molecule has 6 heteroatoms. The number of carbonyl (C=O) groups excluding carboxylic acids is 2. The molecule has 1 N–H and O–H groups in total. The second kappa shape index (κ2) is 9.08. The summed E-state index contributed by atoms with van der Waals surface area (Å²) in [5, 5.41) is 2.91. The van der Waals surface area contributed by atoms with Gasteiger partial charge in [0.1, 0.15) is 6.04 Å². The summed E-state index contributed by atoms with van der Waals surface area (Å²) in [6, 6.07) is 8.51. The van der Waals surface area contributed by atoms with E-state index in [0.717, 1.165) is 5.75 Å². The Morgan fingerprint density at radius 3 is 2.46 bits per heavy atom. The van der Waals surface area contributed by atoms with Gasteiger partial charge in [-0.05, 0) is 44.4 Å². The molecule has 132 valence electrons. The molecule has 1 saturated heterocycles. The van der Waals surface area contributed by atoms with Crippen molar-refractivity contribution >= 4 is 23.6 Å². The van der Waals surface area contributed by atoms with Gasteiger partial charge in [-0.25, -0.2) is 0 Å². The van der Waals surface area contributed by atoms with Crippen molar-refractivity contribution in [1.29, 1.82) is 0 Å². The number of hydrogen-bond donors (Lipinski definition) is 1. The molecule has 0 spiro atoms. The molecule has 1 heterocycles. The lowest BCUT2D eigenvalue weighted by molar-refractivity contribution is -0.145. The molecule has 2 rings (SSSR count). The summed E-state index contributed by atoms with van der Waals surface area (Å²) in [7, 11) is 0. The van der Waals surface area contributed by atoms with E-state index in [0.29, 0.717) is 25.1 Å². The molecular weight excluding hydrogens is 324 g/mol. The second-order valence-electron chi connectivity index (χ2n) is 6.17. The third-order valence-electron chi connectivity index (χ3n) is 3.98. The maximum absolute atomic E-state index is 12.9. The average Bonchev–Trinajstić information content (AvgIpc) is 2.57. The van der Waals surface area contributed by atoms with Gasteiger partial charge in [0, 0.05) is 18.7 Å². The van der Waals surface area contributed by atoms with Crippen molar-refractivity contribution < 1.29 is 14.3 Å². The molecule has 0 aromatic heterocycles. The largest absolute Gasteiger partial charge is 0.372 e. The van der Waals surface area contributed by atoms with E-state index in [1.165, 1.54) is 0 Å². The molecule has 0 aliphatic carbocycles. The molecular formula is C18H26N2O3S. The summed E-state index contributed by atoms with van der Waals surface area (Å²) in [6.45, 7) is 5.07. The Kier molecular flexibility index (Phi) is 7.12. The number of rotatable bonds is 6. The zero-order chi connectivity index (χ0) is 17.5. The van der Waals surface area contributed by atoms with E-state index in [1.807, 2.05) is 43.2 Å². The quantitative estimate of drug-likeness (QED) is 0.854. The maximum Gasteiger partial charge on any atom is 0.251 e. The van der Waals surface area contributed by atoms with Crippen molar-refractivity contribution in [3.63, 3.8) is 0 Å². The Bertz CT molecular complexity index is 542. The topological polar surface area (TPSA) is 58.6 Å². The van der Waals surface area contributed by atoms with Crippen LogP contribution in [-0.4, -0.2) is 60.1 Å². The number of ether oxygens (including phenoxy) is 1. The van der Waals surface area contributed by atoms with Crippen LogP contribution in [0.1, 0.15) is 30.6 Å². The van der Waals surface area contributed by atoms with Gasteiger partial charge in [0.25, 0.3) is 5.91 Å². The highest BCUT2D eigenvalue weighted by Gasteiger charge is 2.31. The molecule has 0 radical (unpaired) electrons. The van der Waals surface area contributed by atoms with Crippen molar-refractivity contribution in [3.05, 3.63) is 35.9 Å². The highest BCUT2D eigenvalue weighted by Crippen LogP contribution is 2.14. The van der Waals surface area contributed by atoms with Gasteiger partial charge in [0.15, 0.2) is 0 Å². The first-order valence-corrected chi connectivity index (χ1v) is 9.69. The van der Waals surface area contributed by atoms with E-state index in [9.17, 15) is 9.59 Å². The lowest BCUT2D eigenvalue weighted by Crippen LogP contribution is -2.55. The Morgan fingerprint density at radius 1 is 1.25 bits per heavy atom. The molecule has 1 fully saturated rings. The van der Waals surface area contributed by atoms with Crippen LogP contribution in [0.5, 0.6) is 0 Å². The number of thioether (sulfide) groups is 1. The Labute approximate surface area is 148 Å². The number of nitrogens with one attached hydrogen (secondary N) is 1. The Hall–Kier alpha value is -1.53. The van der Waals surface area contributed by atoms with Crippen LogP contribution in [0, 0.1) is 0 Å². The molecule has 1 aliphatic heterocycles. The third-order valence-corrected chi connectivity index (χ3v) is 4.63. The molecule has 3 atom stereocenters. The maximum atomic E-state index is 12.9. The van der Waals surface area contributed by atoms with E-state index in [-0.39, 0.29) is 24.0 Å². The van der Waals surface area contributed by atoms with E-state index < -0.39 is 6.04 Å². The van der Waals surface area contributed by atoms with Crippen LogP contribution in [0.2, 0.25) is 0 Å². The number of benzene rings is 1. The zero-order valence-corrected chi connectivity index (χ0v) is 15.3. The Balaban J connectivity index is 2.06. The number of hydrogen-bond acceptors (Lipinski definition) is 4. The predicted octanol–water partition coefficient (Wildman–Crippen LogP) is 2.17. The molecule has 24 heavy (non-hydrogen) atoms. The number of morpholine rings is 1. The average molecular weight is 350 g/mol. The summed E-state index contributed by atoms with van der Waals surface area (Å²) >= 11 is 1.67. The molecule has 1 aromatic rings. The predicted molar refractivity (Wildman–Crippen MR) is 97.3 cm³/mol. The van der Waals surface area contributed by atoms with Crippen LogP contribution in [0.15, 0.2) is 30.3 Å². The molecule has 0 unspecified atom stereocenters. The SMILES string of the molecule is CSCC[C@@H](NC(=O)c1ccccc1)C(=O)N1C[C@@H](C)O[C@H](C)C1. The summed E-state index contributed by atoms with van der Waals surface area (Å²) < 4.78 is 5.69. The van der Waals surface area contributed by atoms with Crippen LogP contribution in [0.4, 0.5) is 0 Å². The number of carbonyl (C=O) groups is 2. The fraction of sp³-hybridized carbons (Fsp3) is 0.556. The summed E-state index contributed by atoms with van der Waals surface area (Å²) in [6.07, 6.45) is 2.66. The van der Waals surface area contributed by atoms with Crippen molar-refractivity contribution in [3.8, 4) is 0 Å². The van der Waals surface area contributed by atoms with Gasteiger partial charge in [-0.15, -0.1) is 0 Å². The highest BCUT2D eigenvalue weighted by atomic mass is 32.2. The minimum absolute atomic E-state index is 0.0173. The van der Waals surface area contributed by atoms with Gasteiger partial charge in [0.2, 0.25) is 5.91 Å². The van der Waals surface area contributed by atoms with Gasteiger partial charge in [-0.3, -0.25) is 9.59 Å². The normalized spacial score (nSPS) is 22.0. The third kappa shape index (κ3) is 5.24. The second-order valence-corrected chi connectivity index (χ2v) is 7.16. The van der Waals surface area contributed by atoms with Crippen LogP contribution < -0.4 is 5.32 Å². The van der Waals surface area contributed by atoms with Gasteiger partial charge in [-0.2, -0.15) is 11.8 Å². The van der Waals surface area contributed by atoms with E-state index in [4.69, 9.17) is 4.74 Å². The summed E-state index contributed by atoms with van der Waals surface area (Å²) in [5.74, 6) is 0.598. The highest BCUT2D eigenvalue weighted by molar-refractivity contribution is 7.98. The van der Waals surface area contributed by atoms with Crippen LogP contribution in [0.3, 0.4) is 0 Å². The fourth-order valence-corrected chi connectivity index (χ4v) is 3.37. The monoisotopic (exact) mass is 350 g/mol. The number of nitrogens with zero attached hydrogens (tertiary/aromatic N) is 1. The lowest BCUT2D eigenvalue weighted by Gasteiger charge is -2.37. The van der Waals surface area contributed by atoms with E-state index in [1.54, 1.807) is 23.9 Å². The van der Waals surface area contributed by atoms with Gasteiger partial charge < -0.3 is 15.0 Å². The van der Waals surface area contributed by atoms with Gasteiger partial charge in [-0.1, -0.05) is 18.2 Å². The van der Waals surface area contributed by atoms with Crippen molar-refractivity contribution in [1.82, 2.24) is 10.2 Å².